The number of hydrogen-bond donors (Lipinski definition) is 1. The average molecular weight is 385 g/mol. The number of rotatable bonds is 3. The summed E-state index contributed by atoms with van der Waals surface area (Å²) in [5, 5.41) is 8.26. The Kier molecular flexibility index (Phi) is 4.61. The highest BCUT2D eigenvalue weighted by Gasteiger charge is 2.33. The Morgan fingerprint density at radius 3 is 3.04 bits per heavy atom. The normalized spacial score (nSPS) is 24.3. The van der Waals surface area contributed by atoms with Gasteiger partial charge in [-0.2, -0.15) is 16.9 Å². The van der Waals surface area contributed by atoms with Gasteiger partial charge >= 0.3 is 0 Å². The highest BCUT2D eigenvalue weighted by molar-refractivity contribution is 7.98. The first-order valence-electron chi connectivity index (χ1n) is 9.66. The van der Waals surface area contributed by atoms with Gasteiger partial charge in [-0.05, 0) is 37.0 Å². The lowest BCUT2D eigenvalue weighted by Gasteiger charge is -2.25. The lowest BCUT2D eigenvalue weighted by atomic mass is 9.96. The number of aryl methyl sites for hydroxylation is 2. The highest BCUT2D eigenvalue weighted by Crippen LogP contribution is 2.28. The Balaban J connectivity index is 1.44. The van der Waals surface area contributed by atoms with Gasteiger partial charge in [0.05, 0.1) is 24.9 Å². The van der Waals surface area contributed by atoms with Gasteiger partial charge in [0.1, 0.15) is 18.2 Å². The fourth-order valence-electron chi connectivity index (χ4n) is 4.21. The third-order valence-electron chi connectivity index (χ3n) is 5.68. The monoisotopic (exact) mass is 385 g/mol. The van der Waals surface area contributed by atoms with Gasteiger partial charge in [-0.1, -0.05) is 0 Å². The second-order valence-electron chi connectivity index (χ2n) is 7.41. The van der Waals surface area contributed by atoms with Crippen LogP contribution in [0.4, 0.5) is 5.82 Å². The predicted molar refractivity (Wildman–Crippen MR) is 104 cm³/mol. The van der Waals surface area contributed by atoms with E-state index in [1.165, 1.54) is 18.4 Å². The van der Waals surface area contributed by atoms with Crippen LogP contribution in [0.25, 0.3) is 0 Å². The summed E-state index contributed by atoms with van der Waals surface area (Å²) in [6, 6.07) is 1.62. The molecule has 1 fully saturated rings. The molecule has 4 heterocycles. The number of thioether (sulfide) groups is 1. The van der Waals surface area contributed by atoms with Gasteiger partial charge < -0.3 is 10.1 Å². The van der Waals surface area contributed by atoms with Crippen LogP contribution >= 0.6 is 11.8 Å². The molecular formula is C19H23N5O2S. The number of fused-ring (bicyclic) bond motifs is 2. The summed E-state index contributed by atoms with van der Waals surface area (Å²) >= 11 is 1.86. The molecule has 2 unspecified atom stereocenters. The first-order chi connectivity index (χ1) is 13.3. The zero-order chi connectivity index (χ0) is 18.2. The van der Waals surface area contributed by atoms with Crippen molar-refractivity contribution in [2.45, 2.75) is 49.9 Å². The number of anilines is 1. The molecule has 0 bridgehead atoms. The zero-order valence-electron chi connectivity index (χ0n) is 15.2. The van der Waals surface area contributed by atoms with Crippen molar-refractivity contribution in [2.75, 3.05) is 24.3 Å². The van der Waals surface area contributed by atoms with Crippen LogP contribution in [0, 0.1) is 0 Å². The minimum absolute atomic E-state index is 0.0212. The van der Waals surface area contributed by atoms with Crippen molar-refractivity contribution in [1.82, 2.24) is 19.7 Å². The Labute approximate surface area is 161 Å². The molecule has 0 saturated carbocycles. The maximum absolute atomic E-state index is 12.7. The topological polar surface area (TPSA) is 81.9 Å². The Morgan fingerprint density at radius 2 is 2.07 bits per heavy atom. The van der Waals surface area contributed by atoms with Crippen molar-refractivity contribution in [3.05, 3.63) is 45.3 Å². The van der Waals surface area contributed by atoms with Crippen LogP contribution in [0.15, 0.2) is 17.2 Å². The molecule has 8 heteroatoms. The van der Waals surface area contributed by atoms with Crippen molar-refractivity contribution in [2.24, 2.45) is 0 Å². The molecule has 0 aromatic carbocycles. The third kappa shape index (κ3) is 3.25. The molecule has 0 radical (unpaired) electrons. The fraction of sp³-hybridized carbons (Fsp3) is 0.579. The van der Waals surface area contributed by atoms with Crippen LogP contribution in [0.3, 0.4) is 0 Å². The number of nitrogens with one attached hydrogen (secondary N) is 1. The van der Waals surface area contributed by atoms with Crippen molar-refractivity contribution < 1.29 is 4.74 Å². The quantitative estimate of drug-likeness (QED) is 0.862. The number of hydrogen-bond acceptors (Lipinski definition) is 7. The van der Waals surface area contributed by atoms with Crippen molar-refractivity contribution in [3.63, 3.8) is 0 Å². The van der Waals surface area contributed by atoms with Crippen molar-refractivity contribution in [1.29, 1.82) is 0 Å². The number of aromatic nitrogens is 4. The molecular weight excluding hydrogens is 362 g/mol. The first-order valence-corrected chi connectivity index (χ1v) is 10.8. The molecule has 2 aromatic heterocycles. The van der Waals surface area contributed by atoms with Gasteiger partial charge in [0.15, 0.2) is 0 Å². The van der Waals surface area contributed by atoms with Gasteiger partial charge in [-0.15, -0.1) is 0 Å². The van der Waals surface area contributed by atoms with Crippen LogP contribution < -0.4 is 10.9 Å². The number of ether oxygens (including phenoxy) is 1. The number of nitrogens with zero attached hydrogens (tertiary/aromatic N) is 4. The maximum atomic E-state index is 12.7. The second kappa shape index (κ2) is 7.24. The van der Waals surface area contributed by atoms with Crippen LogP contribution in [-0.4, -0.2) is 44.8 Å². The summed E-state index contributed by atoms with van der Waals surface area (Å²) in [4.78, 5) is 21.6. The summed E-state index contributed by atoms with van der Waals surface area (Å²) in [6.07, 6.45) is 6.94. The van der Waals surface area contributed by atoms with E-state index in [0.717, 1.165) is 53.5 Å². The molecule has 2 aromatic rings. The molecule has 7 nitrogen and oxygen atoms in total. The third-order valence-corrected chi connectivity index (χ3v) is 6.68. The Morgan fingerprint density at radius 1 is 1.15 bits per heavy atom. The van der Waals surface area contributed by atoms with E-state index in [9.17, 15) is 4.79 Å². The molecule has 2 aliphatic heterocycles. The molecule has 5 rings (SSSR count). The minimum atomic E-state index is -0.119. The van der Waals surface area contributed by atoms with Gasteiger partial charge in [0.2, 0.25) is 0 Å². The SMILES string of the molecule is O=c1cc2c(nn1C1COCC1Nc1ncnc3c1CCCC3)CCSC2. The van der Waals surface area contributed by atoms with Crippen molar-refractivity contribution in [3.8, 4) is 0 Å². The second-order valence-corrected chi connectivity index (χ2v) is 8.52. The molecule has 2 atom stereocenters. The fourth-order valence-corrected chi connectivity index (χ4v) is 5.16. The van der Waals surface area contributed by atoms with Crippen LogP contribution in [-0.2, 0) is 29.8 Å². The van der Waals surface area contributed by atoms with Crippen LogP contribution in [0.5, 0.6) is 0 Å². The van der Waals surface area contributed by atoms with Gasteiger partial charge in [0, 0.05) is 29.5 Å². The summed E-state index contributed by atoms with van der Waals surface area (Å²) in [5.41, 5.74) is 4.47. The summed E-state index contributed by atoms with van der Waals surface area (Å²) in [5.74, 6) is 2.84. The standard InChI is InChI=1S/C19H23N5O2S/c25-18-7-12-10-27-6-5-14(12)23-24(18)17-9-26-8-16(17)22-19-13-3-1-2-4-15(13)20-11-21-19/h7,11,16-17H,1-6,8-10H2,(H,20,21,22). The molecule has 142 valence electrons. The lowest BCUT2D eigenvalue weighted by Crippen LogP contribution is -2.38. The lowest BCUT2D eigenvalue weighted by molar-refractivity contribution is 0.182. The molecule has 0 amide bonds. The van der Waals surface area contributed by atoms with Gasteiger partial charge in [-0.3, -0.25) is 4.79 Å². The summed E-state index contributed by atoms with van der Waals surface area (Å²) in [6.45, 7) is 1.04. The van der Waals surface area contributed by atoms with E-state index in [0.29, 0.717) is 13.2 Å². The van der Waals surface area contributed by atoms with Crippen LogP contribution in [0.2, 0.25) is 0 Å². The van der Waals surface area contributed by atoms with E-state index in [1.807, 2.05) is 11.8 Å². The first kappa shape index (κ1) is 17.2. The van der Waals surface area contributed by atoms with E-state index in [2.05, 4.69) is 15.3 Å². The van der Waals surface area contributed by atoms with E-state index in [1.54, 1.807) is 17.1 Å². The van der Waals surface area contributed by atoms with E-state index >= 15 is 0 Å². The molecule has 1 saturated heterocycles. The summed E-state index contributed by atoms with van der Waals surface area (Å²) < 4.78 is 7.36. The summed E-state index contributed by atoms with van der Waals surface area (Å²) in [7, 11) is 0. The Bertz CT molecular complexity index is 915. The minimum Gasteiger partial charge on any atom is -0.377 e. The van der Waals surface area contributed by atoms with E-state index < -0.39 is 0 Å². The molecule has 1 N–H and O–H groups in total. The van der Waals surface area contributed by atoms with Crippen molar-refractivity contribution >= 4 is 17.6 Å². The molecule has 3 aliphatic rings. The molecule has 27 heavy (non-hydrogen) atoms. The van der Waals surface area contributed by atoms with Crippen LogP contribution in [0.1, 0.15) is 41.4 Å². The molecule has 0 spiro atoms. The zero-order valence-corrected chi connectivity index (χ0v) is 16.0. The predicted octanol–water partition coefficient (Wildman–Crippen LogP) is 1.75. The molecule has 1 aliphatic carbocycles. The maximum Gasteiger partial charge on any atom is 0.267 e. The van der Waals surface area contributed by atoms with Gasteiger partial charge in [-0.25, -0.2) is 14.6 Å². The highest BCUT2D eigenvalue weighted by atomic mass is 32.2. The van der Waals surface area contributed by atoms with Gasteiger partial charge in [0.25, 0.3) is 5.56 Å². The Hall–Kier alpha value is -1.93. The van der Waals surface area contributed by atoms with E-state index in [4.69, 9.17) is 9.84 Å². The average Bonchev–Trinajstić information content (AvgIpc) is 3.15. The largest absolute Gasteiger partial charge is 0.377 e. The smallest absolute Gasteiger partial charge is 0.267 e. The van der Waals surface area contributed by atoms with E-state index in [-0.39, 0.29) is 17.6 Å².